The lowest BCUT2D eigenvalue weighted by atomic mass is 9.67. The summed E-state index contributed by atoms with van der Waals surface area (Å²) in [6.45, 7) is 11.6. The molecule has 3 aliphatic rings. The van der Waals surface area contributed by atoms with Crippen LogP contribution in [0.25, 0.3) is 0 Å². The molecule has 5 nitrogen and oxygen atoms in total. The Balaban J connectivity index is 1.62. The van der Waals surface area contributed by atoms with E-state index in [1.165, 1.54) is 19.3 Å². The largest absolute Gasteiger partial charge is 0.380 e. The van der Waals surface area contributed by atoms with Gasteiger partial charge in [-0.25, -0.2) is 0 Å². The van der Waals surface area contributed by atoms with Crippen LogP contribution in [-0.2, 0) is 9.53 Å². The van der Waals surface area contributed by atoms with Gasteiger partial charge in [-0.2, -0.15) is 0 Å². The van der Waals surface area contributed by atoms with Crippen molar-refractivity contribution in [1.82, 2.24) is 15.1 Å². The predicted molar refractivity (Wildman–Crippen MR) is 96.0 cm³/mol. The second kappa shape index (κ2) is 8.15. The number of nitrogens with zero attached hydrogens (tertiary/aromatic N) is 2. The zero-order valence-corrected chi connectivity index (χ0v) is 15.6. The molecule has 0 spiro atoms. The maximum Gasteiger partial charge on any atom is 0.230 e. The molecule has 2 saturated heterocycles. The van der Waals surface area contributed by atoms with Crippen molar-refractivity contribution in [1.29, 1.82) is 0 Å². The second-order valence-corrected chi connectivity index (χ2v) is 7.78. The van der Waals surface area contributed by atoms with E-state index in [0.29, 0.717) is 17.9 Å². The summed E-state index contributed by atoms with van der Waals surface area (Å²) in [6.07, 6.45) is 5.93. The minimum Gasteiger partial charge on any atom is -0.380 e. The van der Waals surface area contributed by atoms with Crippen molar-refractivity contribution >= 4 is 5.91 Å². The molecule has 0 aromatic rings. The van der Waals surface area contributed by atoms with E-state index in [0.717, 1.165) is 65.3 Å². The summed E-state index contributed by atoms with van der Waals surface area (Å²) in [5, 5.41) is 3.52. The zero-order chi connectivity index (χ0) is 17.0. The van der Waals surface area contributed by atoms with Gasteiger partial charge in [0.15, 0.2) is 0 Å². The molecule has 3 fully saturated rings. The van der Waals surface area contributed by atoms with Gasteiger partial charge < -0.3 is 15.0 Å². The first kappa shape index (κ1) is 18.2. The van der Waals surface area contributed by atoms with E-state index in [2.05, 4.69) is 22.0 Å². The summed E-state index contributed by atoms with van der Waals surface area (Å²) in [7, 11) is 0. The third kappa shape index (κ3) is 3.49. The van der Waals surface area contributed by atoms with Crippen LogP contribution < -0.4 is 5.32 Å². The molecule has 1 saturated carbocycles. The van der Waals surface area contributed by atoms with Gasteiger partial charge in [0.1, 0.15) is 0 Å². The van der Waals surface area contributed by atoms with E-state index >= 15 is 0 Å². The molecule has 1 aliphatic carbocycles. The van der Waals surface area contributed by atoms with Crippen LogP contribution in [0.3, 0.4) is 0 Å². The summed E-state index contributed by atoms with van der Waals surface area (Å²) in [4.78, 5) is 18.1. The summed E-state index contributed by atoms with van der Waals surface area (Å²) >= 11 is 0. The lowest BCUT2D eigenvalue weighted by Gasteiger charge is -2.46. The van der Waals surface area contributed by atoms with Crippen molar-refractivity contribution < 1.29 is 9.53 Å². The van der Waals surface area contributed by atoms with Crippen LogP contribution in [0.1, 0.15) is 46.0 Å². The SMILES string of the molecule is CCOCCN1CCN(C(=O)[C@@]23CCCC[C@H]2CNC3)CC1CC. The first-order valence-corrected chi connectivity index (χ1v) is 10.0. The number of carbonyl (C=O) groups is 1. The molecule has 24 heavy (non-hydrogen) atoms. The van der Waals surface area contributed by atoms with Crippen molar-refractivity contribution in [2.24, 2.45) is 11.3 Å². The van der Waals surface area contributed by atoms with Crippen molar-refractivity contribution in [3.05, 3.63) is 0 Å². The molecule has 2 aliphatic heterocycles. The van der Waals surface area contributed by atoms with Crippen LogP contribution in [0.5, 0.6) is 0 Å². The topological polar surface area (TPSA) is 44.8 Å². The van der Waals surface area contributed by atoms with Gasteiger partial charge in [-0.05, 0) is 38.6 Å². The van der Waals surface area contributed by atoms with Gasteiger partial charge >= 0.3 is 0 Å². The normalized spacial score (nSPS) is 34.3. The molecule has 5 heteroatoms. The number of hydrogen-bond donors (Lipinski definition) is 1. The van der Waals surface area contributed by atoms with Gasteiger partial charge in [0.25, 0.3) is 0 Å². The predicted octanol–water partition coefficient (Wildman–Crippen LogP) is 1.73. The number of hydrogen-bond acceptors (Lipinski definition) is 4. The monoisotopic (exact) mass is 337 g/mol. The fourth-order valence-electron chi connectivity index (χ4n) is 5.07. The lowest BCUT2D eigenvalue weighted by Crippen LogP contribution is -2.59. The summed E-state index contributed by atoms with van der Waals surface area (Å²) in [5.41, 5.74) is -0.0932. The van der Waals surface area contributed by atoms with E-state index in [1.807, 2.05) is 6.92 Å². The Morgan fingerprint density at radius 3 is 2.96 bits per heavy atom. The second-order valence-electron chi connectivity index (χ2n) is 7.78. The Morgan fingerprint density at radius 1 is 1.29 bits per heavy atom. The number of amides is 1. The Kier molecular flexibility index (Phi) is 6.17. The molecule has 1 amide bonds. The molecule has 0 bridgehead atoms. The molecule has 1 unspecified atom stereocenters. The molecule has 3 rings (SSSR count). The number of rotatable bonds is 6. The van der Waals surface area contributed by atoms with Gasteiger partial charge in [-0.1, -0.05) is 19.8 Å². The number of ether oxygens (including phenoxy) is 1. The summed E-state index contributed by atoms with van der Waals surface area (Å²) in [5.74, 6) is 1.01. The molecule has 0 aromatic carbocycles. The number of nitrogens with one attached hydrogen (secondary N) is 1. The van der Waals surface area contributed by atoms with Gasteiger partial charge in [-0.15, -0.1) is 0 Å². The van der Waals surface area contributed by atoms with Crippen molar-refractivity contribution in [3.8, 4) is 0 Å². The first-order chi connectivity index (χ1) is 11.7. The highest BCUT2D eigenvalue weighted by atomic mass is 16.5. The maximum absolute atomic E-state index is 13.4. The average molecular weight is 338 g/mol. The molecule has 3 atom stereocenters. The Hall–Kier alpha value is -0.650. The fraction of sp³-hybridized carbons (Fsp3) is 0.947. The van der Waals surface area contributed by atoms with E-state index < -0.39 is 0 Å². The van der Waals surface area contributed by atoms with Crippen LogP contribution in [0.15, 0.2) is 0 Å². The summed E-state index contributed by atoms with van der Waals surface area (Å²) in [6, 6.07) is 0.482. The minimum absolute atomic E-state index is 0.0932. The van der Waals surface area contributed by atoms with Gasteiger partial charge in [0, 0.05) is 45.4 Å². The fourth-order valence-corrected chi connectivity index (χ4v) is 5.07. The van der Waals surface area contributed by atoms with E-state index in [-0.39, 0.29) is 5.41 Å². The highest BCUT2D eigenvalue weighted by molar-refractivity contribution is 5.84. The molecule has 1 N–H and O–H groups in total. The molecule has 138 valence electrons. The Morgan fingerprint density at radius 2 is 2.17 bits per heavy atom. The molecule has 2 heterocycles. The van der Waals surface area contributed by atoms with Gasteiger partial charge in [0.05, 0.1) is 12.0 Å². The highest BCUT2D eigenvalue weighted by Crippen LogP contribution is 2.45. The lowest BCUT2D eigenvalue weighted by molar-refractivity contribution is -0.148. The van der Waals surface area contributed by atoms with Crippen LogP contribution in [-0.4, -0.2) is 74.2 Å². The Bertz CT molecular complexity index is 431. The van der Waals surface area contributed by atoms with E-state index in [4.69, 9.17) is 4.74 Å². The number of carbonyl (C=O) groups excluding carboxylic acids is 1. The van der Waals surface area contributed by atoms with Crippen molar-refractivity contribution in [2.45, 2.75) is 52.0 Å². The average Bonchev–Trinajstić information content (AvgIpc) is 3.06. The summed E-state index contributed by atoms with van der Waals surface area (Å²) < 4.78 is 5.52. The first-order valence-electron chi connectivity index (χ1n) is 10.0. The smallest absolute Gasteiger partial charge is 0.230 e. The number of fused-ring (bicyclic) bond motifs is 1. The van der Waals surface area contributed by atoms with Crippen LogP contribution in [0.2, 0.25) is 0 Å². The third-order valence-electron chi connectivity index (χ3n) is 6.55. The molecular weight excluding hydrogens is 302 g/mol. The zero-order valence-electron chi connectivity index (χ0n) is 15.6. The Labute approximate surface area is 147 Å². The number of piperazine rings is 1. The van der Waals surface area contributed by atoms with Crippen LogP contribution >= 0.6 is 0 Å². The molecule has 0 aromatic heterocycles. The third-order valence-corrected chi connectivity index (χ3v) is 6.55. The van der Waals surface area contributed by atoms with E-state index in [9.17, 15) is 4.79 Å². The molecular formula is C19H35N3O2. The quantitative estimate of drug-likeness (QED) is 0.750. The minimum atomic E-state index is -0.0932. The van der Waals surface area contributed by atoms with E-state index in [1.54, 1.807) is 0 Å². The standard InChI is InChI=1S/C19H35N3O2/c1-3-17-14-22(10-9-21(17)11-12-24-4-2)18(23)19-8-6-5-7-16(19)13-20-15-19/h16-17,20H,3-15H2,1-2H3/t16-,17?,19+/m0/s1. The van der Waals surface area contributed by atoms with Crippen molar-refractivity contribution in [2.75, 3.05) is 52.5 Å². The molecule has 0 radical (unpaired) electrons. The van der Waals surface area contributed by atoms with Gasteiger partial charge in [-0.3, -0.25) is 9.69 Å². The maximum atomic E-state index is 13.4. The van der Waals surface area contributed by atoms with Crippen molar-refractivity contribution in [3.63, 3.8) is 0 Å². The van der Waals surface area contributed by atoms with Gasteiger partial charge in [0.2, 0.25) is 5.91 Å². The van der Waals surface area contributed by atoms with Crippen LogP contribution in [0, 0.1) is 11.3 Å². The van der Waals surface area contributed by atoms with Crippen LogP contribution in [0.4, 0.5) is 0 Å². The highest BCUT2D eigenvalue weighted by Gasteiger charge is 2.51.